The van der Waals surface area contributed by atoms with E-state index in [-0.39, 0.29) is 12.5 Å². The fourth-order valence-electron chi connectivity index (χ4n) is 2.11. The number of benzene rings is 1. The zero-order chi connectivity index (χ0) is 15.5. The minimum atomic E-state index is -0.182. The van der Waals surface area contributed by atoms with E-state index in [1.807, 2.05) is 25.1 Å². The third kappa shape index (κ3) is 6.97. The molecule has 0 atom stereocenters. The molecule has 0 fully saturated rings. The Morgan fingerprint density at radius 3 is 2.71 bits per heavy atom. The third-order valence-electron chi connectivity index (χ3n) is 3.26. The van der Waals surface area contributed by atoms with Crippen molar-refractivity contribution in [3.8, 4) is 11.8 Å². The van der Waals surface area contributed by atoms with Crippen molar-refractivity contribution in [1.29, 1.82) is 0 Å². The van der Waals surface area contributed by atoms with Gasteiger partial charge in [-0.05, 0) is 31.0 Å². The third-order valence-corrected chi connectivity index (χ3v) is 3.26. The fraction of sp³-hybridized carbons (Fsp3) is 0.500. The molecule has 3 heteroatoms. The molecule has 0 aromatic heterocycles. The highest BCUT2D eigenvalue weighted by Gasteiger charge is 2.06. The van der Waals surface area contributed by atoms with Crippen LogP contribution in [0.3, 0.4) is 0 Å². The Morgan fingerprint density at radius 1 is 1.24 bits per heavy atom. The first kappa shape index (κ1) is 17.3. The van der Waals surface area contributed by atoms with Gasteiger partial charge in [0.15, 0.2) is 0 Å². The molecule has 0 heterocycles. The van der Waals surface area contributed by atoms with Crippen molar-refractivity contribution in [2.45, 2.75) is 52.4 Å². The summed E-state index contributed by atoms with van der Waals surface area (Å²) in [5.74, 6) is 5.51. The van der Waals surface area contributed by atoms with Crippen molar-refractivity contribution in [1.82, 2.24) is 0 Å². The van der Waals surface area contributed by atoms with E-state index in [1.54, 1.807) is 0 Å². The lowest BCUT2D eigenvalue weighted by Crippen LogP contribution is -2.12. The van der Waals surface area contributed by atoms with E-state index in [0.29, 0.717) is 6.42 Å². The fourth-order valence-corrected chi connectivity index (χ4v) is 2.11. The predicted molar refractivity (Wildman–Crippen MR) is 87.1 cm³/mol. The zero-order valence-electron chi connectivity index (χ0n) is 13.0. The van der Waals surface area contributed by atoms with E-state index in [2.05, 4.69) is 24.1 Å². The molecule has 0 unspecified atom stereocenters. The van der Waals surface area contributed by atoms with Crippen LogP contribution in [0.1, 0.15) is 56.6 Å². The number of carbonyl (C=O) groups excluding carboxylic acids is 1. The maximum Gasteiger partial charge on any atom is 0.224 e. The Balaban J connectivity index is 2.56. The highest BCUT2D eigenvalue weighted by Crippen LogP contribution is 2.17. The molecular formula is C18H25NO2. The first-order valence-electron chi connectivity index (χ1n) is 7.67. The number of unbranched alkanes of at least 4 members (excludes halogenated alkanes) is 4. The molecule has 1 aromatic carbocycles. The van der Waals surface area contributed by atoms with Gasteiger partial charge in [0.2, 0.25) is 5.91 Å². The molecule has 3 nitrogen and oxygen atoms in total. The molecule has 1 rings (SSSR count). The van der Waals surface area contributed by atoms with Crippen molar-refractivity contribution >= 4 is 11.6 Å². The van der Waals surface area contributed by atoms with Crippen LogP contribution in [0.4, 0.5) is 5.69 Å². The van der Waals surface area contributed by atoms with Crippen LogP contribution >= 0.6 is 0 Å². The summed E-state index contributed by atoms with van der Waals surface area (Å²) in [6, 6.07) is 5.73. The molecule has 0 saturated carbocycles. The van der Waals surface area contributed by atoms with E-state index >= 15 is 0 Å². The summed E-state index contributed by atoms with van der Waals surface area (Å²) in [7, 11) is 0. The maximum atomic E-state index is 12.0. The Bertz CT molecular complexity index is 512. The molecule has 1 amide bonds. The van der Waals surface area contributed by atoms with E-state index < -0.39 is 0 Å². The minimum Gasteiger partial charge on any atom is -0.384 e. The van der Waals surface area contributed by atoms with Gasteiger partial charge in [-0.15, -0.1) is 0 Å². The Labute approximate surface area is 127 Å². The van der Waals surface area contributed by atoms with Gasteiger partial charge in [0.25, 0.3) is 0 Å². The monoisotopic (exact) mass is 287 g/mol. The van der Waals surface area contributed by atoms with Crippen LogP contribution < -0.4 is 5.32 Å². The van der Waals surface area contributed by atoms with Gasteiger partial charge in [-0.2, -0.15) is 0 Å². The summed E-state index contributed by atoms with van der Waals surface area (Å²) in [4.78, 5) is 12.0. The van der Waals surface area contributed by atoms with Crippen molar-refractivity contribution in [2.24, 2.45) is 0 Å². The van der Waals surface area contributed by atoms with Crippen LogP contribution in [0, 0.1) is 18.8 Å². The molecule has 0 aliphatic heterocycles. The van der Waals surface area contributed by atoms with Gasteiger partial charge in [-0.25, -0.2) is 0 Å². The zero-order valence-corrected chi connectivity index (χ0v) is 13.0. The highest BCUT2D eigenvalue weighted by molar-refractivity contribution is 5.92. The van der Waals surface area contributed by atoms with Gasteiger partial charge in [0.05, 0.1) is 5.69 Å². The smallest absolute Gasteiger partial charge is 0.224 e. The maximum absolute atomic E-state index is 12.0. The van der Waals surface area contributed by atoms with Crippen LogP contribution in [-0.4, -0.2) is 17.6 Å². The number of hydrogen-bond donors (Lipinski definition) is 2. The van der Waals surface area contributed by atoms with Crippen molar-refractivity contribution in [3.63, 3.8) is 0 Å². The second-order valence-electron chi connectivity index (χ2n) is 5.22. The molecular weight excluding hydrogens is 262 g/mol. The molecule has 21 heavy (non-hydrogen) atoms. The van der Waals surface area contributed by atoms with E-state index in [9.17, 15) is 4.79 Å². The van der Waals surface area contributed by atoms with Crippen molar-refractivity contribution < 1.29 is 9.90 Å². The highest BCUT2D eigenvalue weighted by atomic mass is 16.2. The lowest BCUT2D eigenvalue weighted by Gasteiger charge is -2.08. The second-order valence-corrected chi connectivity index (χ2v) is 5.22. The molecule has 0 radical (unpaired) electrons. The topological polar surface area (TPSA) is 49.3 Å². The Morgan fingerprint density at radius 2 is 2.00 bits per heavy atom. The number of hydrogen-bond acceptors (Lipinski definition) is 2. The molecule has 2 N–H and O–H groups in total. The van der Waals surface area contributed by atoms with Crippen LogP contribution in [-0.2, 0) is 4.79 Å². The van der Waals surface area contributed by atoms with Gasteiger partial charge in [-0.3, -0.25) is 4.79 Å². The Kier molecular flexibility index (Phi) is 8.23. The number of rotatable bonds is 7. The largest absolute Gasteiger partial charge is 0.384 e. The molecule has 1 aromatic rings. The molecule has 0 aliphatic carbocycles. The van der Waals surface area contributed by atoms with E-state index in [1.165, 1.54) is 19.3 Å². The summed E-state index contributed by atoms with van der Waals surface area (Å²) in [6.07, 6.45) is 6.22. The second kappa shape index (κ2) is 10.0. The number of aliphatic hydroxyl groups is 1. The lowest BCUT2D eigenvalue weighted by atomic mass is 10.1. The number of anilines is 1. The number of aliphatic hydroxyl groups excluding tert-OH is 1. The molecule has 0 bridgehead atoms. The summed E-state index contributed by atoms with van der Waals surface area (Å²) >= 11 is 0. The summed E-state index contributed by atoms with van der Waals surface area (Å²) in [5, 5.41) is 11.7. The van der Waals surface area contributed by atoms with Gasteiger partial charge in [-0.1, -0.05) is 50.5 Å². The SMILES string of the molecule is CCCCCCCC(=O)Nc1cc(C)ccc1C#CCO. The predicted octanol–water partition coefficient (Wildman–Crippen LogP) is 3.64. The van der Waals surface area contributed by atoms with Crippen LogP contribution in [0.5, 0.6) is 0 Å². The summed E-state index contributed by atoms with van der Waals surface area (Å²) in [6.45, 7) is 3.97. The van der Waals surface area contributed by atoms with Gasteiger partial charge in [0.1, 0.15) is 6.61 Å². The average Bonchev–Trinajstić information content (AvgIpc) is 2.46. The number of amides is 1. The van der Waals surface area contributed by atoms with E-state index in [0.717, 1.165) is 29.7 Å². The van der Waals surface area contributed by atoms with Crippen molar-refractivity contribution in [3.05, 3.63) is 29.3 Å². The molecule has 0 aliphatic rings. The summed E-state index contributed by atoms with van der Waals surface area (Å²) in [5.41, 5.74) is 2.55. The molecule has 114 valence electrons. The van der Waals surface area contributed by atoms with Gasteiger partial charge in [0, 0.05) is 12.0 Å². The standard InChI is InChI=1S/C18H25NO2/c1-3-4-5-6-7-10-18(21)19-17-14-15(2)11-12-16(17)9-8-13-20/h11-12,14,20H,3-7,10,13H2,1-2H3,(H,19,21). The van der Waals surface area contributed by atoms with Crippen LogP contribution in [0.15, 0.2) is 18.2 Å². The number of nitrogens with one attached hydrogen (secondary N) is 1. The van der Waals surface area contributed by atoms with E-state index in [4.69, 9.17) is 5.11 Å². The van der Waals surface area contributed by atoms with Crippen LogP contribution in [0.25, 0.3) is 0 Å². The first-order valence-corrected chi connectivity index (χ1v) is 7.67. The van der Waals surface area contributed by atoms with Gasteiger partial charge < -0.3 is 10.4 Å². The Hall–Kier alpha value is -1.79. The lowest BCUT2D eigenvalue weighted by molar-refractivity contribution is -0.116. The molecule has 0 saturated heterocycles. The average molecular weight is 287 g/mol. The normalized spacial score (nSPS) is 9.86. The molecule has 0 spiro atoms. The summed E-state index contributed by atoms with van der Waals surface area (Å²) < 4.78 is 0. The minimum absolute atomic E-state index is 0.0316. The number of aryl methyl sites for hydroxylation is 1. The van der Waals surface area contributed by atoms with Crippen LogP contribution in [0.2, 0.25) is 0 Å². The first-order chi connectivity index (χ1) is 10.2. The van der Waals surface area contributed by atoms with Gasteiger partial charge >= 0.3 is 0 Å². The van der Waals surface area contributed by atoms with Crippen molar-refractivity contribution in [2.75, 3.05) is 11.9 Å². The number of carbonyl (C=O) groups is 1. The quantitative estimate of drug-likeness (QED) is 0.594.